The SMILES string of the molecule is CCN1CCN(C(c2cc3cc(OC)ccc3[nH]c2=O)c2nnnn2Cc2ccc(F)cc2)CC1. The molecular formula is C25H28FN7O2. The number of tetrazole rings is 1. The van der Waals surface area contributed by atoms with E-state index in [4.69, 9.17) is 4.74 Å². The molecule has 9 nitrogen and oxygen atoms in total. The lowest BCUT2D eigenvalue weighted by atomic mass is 10.0. The van der Waals surface area contributed by atoms with Crippen molar-refractivity contribution in [1.82, 2.24) is 35.0 Å². The van der Waals surface area contributed by atoms with E-state index in [1.165, 1.54) is 12.1 Å². The molecule has 1 N–H and O–H groups in total. The largest absolute Gasteiger partial charge is 0.497 e. The van der Waals surface area contributed by atoms with E-state index in [1.807, 2.05) is 24.3 Å². The Morgan fingerprint density at radius 1 is 1.09 bits per heavy atom. The Kier molecular flexibility index (Phi) is 6.56. The number of benzene rings is 2. The summed E-state index contributed by atoms with van der Waals surface area (Å²) in [5, 5.41) is 13.4. The van der Waals surface area contributed by atoms with Crippen LogP contribution in [0.25, 0.3) is 10.9 Å². The lowest BCUT2D eigenvalue weighted by Crippen LogP contribution is -2.49. The first-order valence-corrected chi connectivity index (χ1v) is 11.7. The summed E-state index contributed by atoms with van der Waals surface area (Å²) < 4.78 is 20.5. The van der Waals surface area contributed by atoms with Gasteiger partial charge in [0, 0.05) is 42.6 Å². The fourth-order valence-electron chi connectivity index (χ4n) is 4.65. The van der Waals surface area contributed by atoms with Crippen molar-refractivity contribution >= 4 is 10.9 Å². The van der Waals surface area contributed by atoms with Gasteiger partial charge in [-0.15, -0.1) is 5.10 Å². The van der Waals surface area contributed by atoms with Crippen LogP contribution in [-0.2, 0) is 6.54 Å². The van der Waals surface area contributed by atoms with Crippen molar-refractivity contribution in [1.29, 1.82) is 0 Å². The number of pyridine rings is 1. The Labute approximate surface area is 202 Å². The van der Waals surface area contributed by atoms with E-state index in [2.05, 4.69) is 37.2 Å². The lowest BCUT2D eigenvalue weighted by Gasteiger charge is -2.38. The van der Waals surface area contributed by atoms with E-state index in [9.17, 15) is 9.18 Å². The van der Waals surface area contributed by atoms with Gasteiger partial charge >= 0.3 is 0 Å². The molecule has 1 fully saturated rings. The summed E-state index contributed by atoms with van der Waals surface area (Å²) in [5.41, 5.74) is 2.00. The number of aromatic nitrogens is 5. The summed E-state index contributed by atoms with van der Waals surface area (Å²) in [6.45, 7) is 6.84. The maximum Gasteiger partial charge on any atom is 0.253 e. The van der Waals surface area contributed by atoms with Crippen LogP contribution in [0.1, 0.15) is 29.9 Å². The number of hydrogen-bond acceptors (Lipinski definition) is 7. The minimum Gasteiger partial charge on any atom is -0.497 e. The minimum atomic E-state index is -0.441. The highest BCUT2D eigenvalue weighted by atomic mass is 19.1. The van der Waals surface area contributed by atoms with Crippen molar-refractivity contribution in [2.24, 2.45) is 0 Å². The van der Waals surface area contributed by atoms with Gasteiger partial charge in [0.1, 0.15) is 17.6 Å². The van der Waals surface area contributed by atoms with Crippen LogP contribution in [0.5, 0.6) is 5.75 Å². The fraction of sp³-hybridized carbons (Fsp3) is 0.360. The summed E-state index contributed by atoms with van der Waals surface area (Å²) in [5.74, 6) is 0.993. The highest BCUT2D eigenvalue weighted by Gasteiger charge is 2.32. The molecule has 0 bridgehead atoms. The topological polar surface area (TPSA) is 92.2 Å². The number of nitrogens with zero attached hydrogens (tertiary/aromatic N) is 6. The number of nitrogens with one attached hydrogen (secondary N) is 1. The number of rotatable bonds is 7. The first-order chi connectivity index (χ1) is 17.1. The molecule has 2 aromatic carbocycles. The minimum absolute atomic E-state index is 0.179. The number of halogens is 1. The van der Waals surface area contributed by atoms with Crippen molar-refractivity contribution in [3.8, 4) is 5.75 Å². The van der Waals surface area contributed by atoms with E-state index < -0.39 is 6.04 Å². The number of methoxy groups -OCH3 is 1. The zero-order chi connectivity index (χ0) is 24.4. The molecule has 0 radical (unpaired) electrons. The highest BCUT2D eigenvalue weighted by molar-refractivity contribution is 5.80. The van der Waals surface area contributed by atoms with Crippen LogP contribution in [0.2, 0.25) is 0 Å². The van der Waals surface area contributed by atoms with Crippen LogP contribution >= 0.6 is 0 Å². The third-order valence-electron chi connectivity index (χ3n) is 6.64. The van der Waals surface area contributed by atoms with E-state index in [-0.39, 0.29) is 11.4 Å². The monoisotopic (exact) mass is 477 g/mol. The van der Waals surface area contributed by atoms with Crippen molar-refractivity contribution < 1.29 is 9.13 Å². The Morgan fingerprint density at radius 2 is 1.86 bits per heavy atom. The molecule has 0 spiro atoms. The standard InChI is InChI=1S/C25H28FN7O2/c1-3-31-10-12-32(13-11-31)23(21-15-18-14-20(35-2)8-9-22(18)27-25(21)34)24-28-29-30-33(24)16-17-4-6-19(26)7-5-17/h4-9,14-15,23H,3,10-13,16H2,1-2H3,(H,27,34). The van der Waals surface area contributed by atoms with Gasteiger partial charge in [-0.1, -0.05) is 19.1 Å². The van der Waals surface area contributed by atoms with Crippen molar-refractivity contribution in [3.63, 3.8) is 0 Å². The van der Waals surface area contributed by atoms with E-state index in [1.54, 1.807) is 23.9 Å². The Balaban J connectivity index is 1.59. The molecule has 182 valence electrons. The van der Waals surface area contributed by atoms with Gasteiger partial charge in [0.2, 0.25) is 0 Å². The molecule has 5 rings (SSSR count). The molecule has 1 atom stereocenters. The Bertz CT molecular complexity index is 1360. The van der Waals surface area contributed by atoms with E-state index >= 15 is 0 Å². The highest BCUT2D eigenvalue weighted by Crippen LogP contribution is 2.29. The summed E-state index contributed by atoms with van der Waals surface area (Å²) in [6, 6.07) is 13.3. The number of piperazine rings is 1. The number of hydrogen-bond donors (Lipinski definition) is 1. The molecule has 1 aliphatic heterocycles. The number of fused-ring (bicyclic) bond motifs is 1. The van der Waals surface area contributed by atoms with Gasteiger partial charge in [0.05, 0.1) is 13.7 Å². The summed E-state index contributed by atoms with van der Waals surface area (Å²) in [6.07, 6.45) is 0. The van der Waals surface area contributed by atoms with Crippen LogP contribution in [0.3, 0.4) is 0 Å². The van der Waals surface area contributed by atoms with E-state index in [0.29, 0.717) is 23.7 Å². The predicted molar refractivity (Wildman–Crippen MR) is 130 cm³/mol. The maximum absolute atomic E-state index is 13.4. The zero-order valence-electron chi connectivity index (χ0n) is 19.8. The van der Waals surface area contributed by atoms with Crippen molar-refractivity contribution in [2.75, 3.05) is 39.8 Å². The van der Waals surface area contributed by atoms with Gasteiger partial charge in [-0.25, -0.2) is 9.07 Å². The quantitative estimate of drug-likeness (QED) is 0.437. The van der Waals surface area contributed by atoms with Gasteiger partial charge < -0.3 is 14.6 Å². The summed E-state index contributed by atoms with van der Waals surface area (Å²) in [7, 11) is 1.62. The van der Waals surface area contributed by atoms with Gasteiger partial charge in [0.15, 0.2) is 5.82 Å². The Morgan fingerprint density at radius 3 is 2.57 bits per heavy atom. The van der Waals surface area contributed by atoms with Crippen molar-refractivity contribution in [3.05, 3.63) is 81.7 Å². The molecule has 10 heteroatoms. The Hall–Kier alpha value is -3.63. The van der Waals surface area contributed by atoms with Gasteiger partial charge in [-0.3, -0.25) is 9.69 Å². The van der Waals surface area contributed by atoms with Crippen LogP contribution < -0.4 is 10.3 Å². The van der Waals surface area contributed by atoms with Gasteiger partial charge in [-0.2, -0.15) is 0 Å². The summed E-state index contributed by atoms with van der Waals surface area (Å²) in [4.78, 5) is 21.0. The average Bonchev–Trinajstić information content (AvgIpc) is 3.33. The predicted octanol–water partition coefficient (Wildman–Crippen LogP) is 2.44. The third kappa shape index (κ3) is 4.80. The second-order valence-corrected chi connectivity index (χ2v) is 8.70. The molecular weight excluding hydrogens is 449 g/mol. The summed E-state index contributed by atoms with van der Waals surface area (Å²) >= 11 is 0. The van der Waals surface area contributed by atoms with Crippen LogP contribution in [-0.4, -0.2) is 74.8 Å². The normalized spacial score (nSPS) is 16.0. The van der Waals surface area contributed by atoms with Gasteiger partial charge in [-0.05, 0) is 58.9 Å². The molecule has 1 aliphatic rings. The number of likely N-dealkylation sites (N-methyl/N-ethyl adjacent to an activating group) is 1. The van der Waals surface area contributed by atoms with Gasteiger partial charge in [0.25, 0.3) is 5.56 Å². The molecule has 35 heavy (non-hydrogen) atoms. The average molecular weight is 478 g/mol. The number of H-pyrrole nitrogens is 1. The second-order valence-electron chi connectivity index (χ2n) is 8.70. The lowest BCUT2D eigenvalue weighted by molar-refractivity contribution is 0.108. The van der Waals surface area contributed by atoms with Crippen LogP contribution in [0.4, 0.5) is 4.39 Å². The van der Waals surface area contributed by atoms with Crippen LogP contribution in [0.15, 0.2) is 53.3 Å². The zero-order valence-corrected chi connectivity index (χ0v) is 19.8. The molecule has 3 heterocycles. The first-order valence-electron chi connectivity index (χ1n) is 11.7. The second kappa shape index (κ2) is 9.93. The van der Waals surface area contributed by atoms with Crippen LogP contribution in [0, 0.1) is 5.82 Å². The maximum atomic E-state index is 13.4. The fourth-order valence-corrected chi connectivity index (χ4v) is 4.65. The third-order valence-corrected chi connectivity index (χ3v) is 6.64. The molecule has 4 aromatic rings. The first kappa shape index (κ1) is 23.1. The molecule has 0 amide bonds. The molecule has 0 saturated carbocycles. The molecule has 2 aromatic heterocycles. The number of aromatic amines is 1. The molecule has 1 unspecified atom stereocenters. The number of ether oxygens (including phenoxy) is 1. The molecule has 0 aliphatic carbocycles. The smallest absolute Gasteiger partial charge is 0.253 e. The molecule has 1 saturated heterocycles. The van der Waals surface area contributed by atoms with Crippen molar-refractivity contribution in [2.45, 2.75) is 19.5 Å². The van der Waals surface area contributed by atoms with E-state index in [0.717, 1.165) is 49.2 Å².